The lowest BCUT2D eigenvalue weighted by Gasteiger charge is -2.25. The van der Waals surface area contributed by atoms with E-state index in [2.05, 4.69) is 23.7 Å². The summed E-state index contributed by atoms with van der Waals surface area (Å²) in [5.74, 6) is 0.464. The molecule has 0 spiro atoms. The summed E-state index contributed by atoms with van der Waals surface area (Å²) in [7, 11) is 0. The van der Waals surface area contributed by atoms with Crippen molar-refractivity contribution in [2.45, 2.75) is 64.9 Å². The third-order valence-corrected chi connectivity index (χ3v) is 6.44. The van der Waals surface area contributed by atoms with E-state index >= 15 is 0 Å². The van der Waals surface area contributed by atoms with E-state index in [-0.39, 0.29) is 11.6 Å². The average molecular weight is 395 g/mol. The number of nitrogens with zero attached hydrogens (tertiary/aromatic N) is 4. The van der Waals surface area contributed by atoms with Crippen LogP contribution in [0.3, 0.4) is 0 Å². The second-order valence-corrected chi connectivity index (χ2v) is 7.83. The van der Waals surface area contributed by atoms with E-state index in [4.69, 9.17) is 0 Å². The first kappa shape index (κ1) is 22.0. The molecule has 27 heavy (non-hydrogen) atoms. The van der Waals surface area contributed by atoms with E-state index in [1.807, 2.05) is 23.3 Å². The Morgan fingerprint density at radius 2 is 1.74 bits per heavy atom. The molecule has 1 aromatic rings. The molecule has 1 aliphatic carbocycles. The fourth-order valence-electron chi connectivity index (χ4n) is 3.68. The number of carbonyl (C=O) groups is 1. The molecule has 0 aliphatic heterocycles. The van der Waals surface area contributed by atoms with Gasteiger partial charge >= 0.3 is 5.69 Å². The average Bonchev–Trinajstić information content (AvgIpc) is 2.69. The van der Waals surface area contributed by atoms with Crippen molar-refractivity contribution in [1.29, 1.82) is 0 Å². The summed E-state index contributed by atoms with van der Waals surface area (Å²) in [6, 6.07) is 0. The monoisotopic (exact) mass is 394 g/mol. The molecule has 0 bridgehead atoms. The maximum Gasteiger partial charge on any atom is 0.348 e. The van der Waals surface area contributed by atoms with Crippen molar-refractivity contribution in [2.24, 2.45) is 0 Å². The van der Waals surface area contributed by atoms with Crippen LogP contribution >= 0.6 is 11.8 Å². The SMILES string of the molecule is CCN(CC)CCn1c2c(c(SCC(=O)N(CC)CC)nc1=O)CCCC2. The summed E-state index contributed by atoms with van der Waals surface area (Å²) >= 11 is 1.43. The van der Waals surface area contributed by atoms with Crippen molar-refractivity contribution in [3.63, 3.8) is 0 Å². The van der Waals surface area contributed by atoms with E-state index in [0.29, 0.717) is 25.4 Å². The van der Waals surface area contributed by atoms with Crippen LogP contribution in [-0.4, -0.2) is 63.7 Å². The third kappa shape index (κ3) is 5.57. The second kappa shape index (κ2) is 10.9. The Morgan fingerprint density at radius 1 is 1.07 bits per heavy atom. The molecular formula is C20H34N4O2S. The number of hydrogen-bond acceptors (Lipinski definition) is 5. The molecule has 6 nitrogen and oxygen atoms in total. The molecule has 0 fully saturated rings. The highest BCUT2D eigenvalue weighted by molar-refractivity contribution is 7.99. The van der Waals surface area contributed by atoms with Crippen molar-refractivity contribution in [3.8, 4) is 0 Å². The van der Waals surface area contributed by atoms with E-state index in [9.17, 15) is 9.59 Å². The summed E-state index contributed by atoms with van der Waals surface area (Å²) < 4.78 is 1.88. The van der Waals surface area contributed by atoms with Crippen molar-refractivity contribution in [2.75, 3.05) is 38.5 Å². The zero-order valence-electron chi connectivity index (χ0n) is 17.3. The van der Waals surface area contributed by atoms with E-state index < -0.39 is 0 Å². The lowest BCUT2D eigenvalue weighted by Crippen LogP contribution is -2.35. The first-order chi connectivity index (χ1) is 13.0. The maximum atomic E-state index is 12.7. The van der Waals surface area contributed by atoms with Crippen LogP contribution in [0.25, 0.3) is 0 Å². The van der Waals surface area contributed by atoms with Gasteiger partial charge in [0.1, 0.15) is 5.03 Å². The van der Waals surface area contributed by atoms with Gasteiger partial charge in [0.05, 0.1) is 5.75 Å². The summed E-state index contributed by atoms with van der Waals surface area (Å²) in [5.41, 5.74) is 2.17. The minimum absolute atomic E-state index is 0.113. The smallest absolute Gasteiger partial charge is 0.343 e. The number of likely N-dealkylation sites (N-methyl/N-ethyl adjacent to an activating group) is 1. The minimum atomic E-state index is -0.166. The van der Waals surface area contributed by atoms with E-state index in [1.165, 1.54) is 17.3 Å². The third-order valence-electron chi connectivity index (χ3n) is 5.43. The molecule has 0 N–H and O–H groups in total. The number of thioether (sulfide) groups is 1. The van der Waals surface area contributed by atoms with Crippen LogP contribution in [0.1, 0.15) is 51.8 Å². The van der Waals surface area contributed by atoms with Gasteiger partial charge in [-0.2, -0.15) is 4.98 Å². The summed E-state index contributed by atoms with van der Waals surface area (Å²) in [4.78, 5) is 33.6. The molecule has 1 aromatic heterocycles. The Morgan fingerprint density at radius 3 is 2.37 bits per heavy atom. The van der Waals surface area contributed by atoms with Crippen LogP contribution in [0, 0.1) is 0 Å². The van der Waals surface area contributed by atoms with Crippen molar-refractivity contribution in [3.05, 3.63) is 21.7 Å². The number of aromatic nitrogens is 2. The Bertz CT molecular complexity index is 681. The quantitative estimate of drug-likeness (QED) is 0.451. The van der Waals surface area contributed by atoms with Crippen molar-refractivity contribution >= 4 is 17.7 Å². The molecule has 0 aromatic carbocycles. The molecule has 0 unspecified atom stereocenters. The molecule has 2 rings (SSSR count). The molecule has 1 amide bonds. The lowest BCUT2D eigenvalue weighted by molar-refractivity contribution is -0.127. The van der Waals surface area contributed by atoms with Crippen LogP contribution < -0.4 is 5.69 Å². The maximum absolute atomic E-state index is 12.7. The Kier molecular flexibility index (Phi) is 8.83. The van der Waals surface area contributed by atoms with Gasteiger partial charge in [-0.15, -0.1) is 0 Å². The molecule has 0 radical (unpaired) electrons. The van der Waals surface area contributed by atoms with Crippen molar-refractivity contribution in [1.82, 2.24) is 19.4 Å². The van der Waals surface area contributed by atoms with Crippen LogP contribution in [0.2, 0.25) is 0 Å². The minimum Gasteiger partial charge on any atom is -0.343 e. The first-order valence-electron chi connectivity index (χ1n) is 10.3. The normalized spacial score (nSPS) is 13.7. The molecule has 0 saturated heterocycles. The van der Waals surface area contributed by atoms with Gasteiger partial charge in [-0.05, 0) is 52.6 Å². The van der Waals surface area contributed by atoms with Gasteiger partial charge in [-0.3, -0.25) is 9.36 Å². The molecule has 0 saturated carbocycles. The topological polar surface area (TPSA) is 58.4 Å². The highest BCUT2D eigenvalue weighted by Crippen LogP contribution is 2.28. The summed E-state index contributed by atoms with van der Waals surface area (Å²) in [5, 5.41) is 0.772. The van der Waals surface area contributed by atoms with Crippen LogP contribution in [-0.2, 0) is 24.2 Å². The van der Waals surface area contributed by atoms with Crippen molar-refractivity contribution < 1.29 is 4.79 Å². The molecule has 0 atom stereocenters. The standard InChI is InChI=1S/C20H34N4O2S/c1-5-22(6-2)13-14-24-17-12-10-9-11-16(17)19(21-20(24)26)27-15-18(25)23(7-3)8-4/h5-15H2,1-4H3. The molecule has 1 heterocycles. The Labute approximate surface area is 167 Å². The van der Waals surface area contributed by atoms with Gasteiger partial charge in [0.25, 0.3) is 0 Å². The highest BCUT2D eigenvalue weighted by Gasteiger charge is 2.22. The zero-order valence-corrected chi connectivity index (χ0v) is 18.1. The number of fused-ring (bicyclic) bond motifs is 1. The van der Waals surface area contributed by atoms with Gasteiger partial charge in [0.2, 0.25) is 5.91 Å². The number of amides is 1. The van der Waals surface area contributed by atoms with Gasteiger partial charge in [-0.1, -0.05) is 25.6 Å². The largest absolute Gasteiger partial charge is 0.348 e. The van der Waals surface area contributed by atoms with Crippen LogP contribution in [0.5, 0.6) is 0 Å². The first-order valence-corrected chi connectivity index (χ1v) is 11.3. The number of rotatable bonds is 10. The van der Waals surface area contributed by atoms with Gasteiger partial charge in [-0.25, -0.2) is 4.79 Å². The highest BCUT2D eigenvalue weighted by atomic mass is 32.2. The van der Waals surface area contributed by atoms with Crippen LogP contribution in [0.15, 0.2) is 9.82 Å². The molecule has 152 valence electrons. The van der Waals surface area contributed by atoms with Gasteiger partial charge < -0.3 is 9.80 Å². The van der Waals surface area contributed by atoms with Gasteiger partial charge in [0.15, 0.2) is 0 Å². The summed E-state index contributed by atoms with van der Waals surface area (Å²) in [6.07, 6.45) is 4.13. The number of hydrogen-bond donors (Lipinski definition) is 0. The van der Waals surface area contributed by atoms with Crippen LogP contribution in [0.4, 0.5) is 0 Å². The molecule has 7 heteroatoms. The zero-order chi connectivity index (χ0) is 19.8. The lowest BCUT2D eigenvalue weighted by atomic mass is 9.97. The Hall–Kier alpha value is -1.34. The Balaban J connectivity index is 2.21. The summed E-state index contributed by atoms with van der Waals surface area (Å²) in [6.45, 7) is 13.2. The van der Waals surface area contributed by atoms with E-state index in [1.54, 1.807) is 0 Å². The predicted molar refractivity (Wildman–Crippen MR) is 112 cm³/mol. The fraction of sp³-hybridized carbons (Fsp3) is 0.750. The predicted octanol–water partition coefficient (Wildman–Crippen LogP) is 2.42. The van der Waals surface area contributed by atoms with Gasteiger partial charge in [0, 0.05) is 37.4 Å². The number of carbonyl (C=O) groups excluding carboxylic acids is 1. The second-order valence-electron chi connectivity index (χ2n) is 6.87. The molecule has 1 aliphatic rings. The fourth-order valence-corrected chi connectivity index (χ4v) is 4.66. The molecular weight excluding hydrogens is 360 g/mol. The van der Waals surface area contributed by atoms with E-state index in [0.717, 1.165) is 56.0 Å².